The van der Waals surface area contributed by atoms with Crippen molar-refractivity contribution in [3.05, 3.63) is 18.2 Å². The average Bonchev–Trinajstić information content (AvgIpc) is 2.95. The molecule has 1 aromatic heterocycles. The van der Waals surface area contributed by atoms with Gasteiger partial charge in [-0.05, 0) is 12.1 Å². The van der Waals surface area contributed by atoms with E-state index in [2.05, 4.69) is 15.2 Å². The van der Waals surface area contributed by atoms with Crippen molar-refractivity contribution in [2.75, 3.05) is 24.5 Å². The van der Waals surface area contributed by atoms with Crippen molar-refractivity contribution in [2.24, 2.45) is 0 Å². The molecule has 1 aliphatic heterocycles. The standard InChI is InChI=1S/C10H11N5O2/c1-15(10-12-9(11)13-14-10)6-2-3-7-8(4-6)17-5-16-7/h2-4H,5H2,1H3,(H3,11,12,13,14). The van der Waals surface area contributed by atoms with Gasteiger partial charge in [0.25, 0.3) is 0 Å². The summed E-state index contributed by atoms with van der Waals surface area (Å²) in [6, 6.07) is 5.64. The molecule has 2 aromatic rings. The van der Waals surface area contributed by atoms with Crippen LogP contribution in [0.1, 0.15) is 0 Å². The normalized spacial score (nSPS) is 12.8. The van der Waals surface area contributed by atoms with E-state index in [0.717, 1.165) is 17.2 Å². The number of fused-ring (bicyclic) bond motifs is 1. The number of ether oxygens (including phenoxy) is 2. The van der Waals surface area contributed by atoms with Gasteiger partial charge in [-0.15, -0.1) is 10.2 Å². The van der Waals surface area contributed by atoms with Crippen LogP contribution in [0.2, 0.25) is 0 Å². The first-order chi connectivity index (χ1) is 8.24. The van der Waals surface area contributed by atoms with E-state index < -0.39 is 0 Å². The molecule has 0 amide bonds. The predicted octanol–water partition coefficient (Wildman–Crippen LogP) is 0.883. The van der Waals surface area contributed by atoms with Gasteiger partial charge in [0, 0.05) is 18.8 Å². The summed E-state index contributed by atoms with van der Waals surface area (Å²) in [6.45, 7) is 0.262. The van der Waals surface area contributed by atoms with Crippen LogP contribution in [0.15, 0.2) is 18.2 Å². The maximum Gasteiger partial charge on any atom is 0.231 e. The third-order valence-corrected chi connectivity index (χ3v) is 2.55. The smallest absolute Gasteiger partial charge is 0.231 e. The number of hydrogen-bond donors (Lipinski definition) is 2. The second-order valence-electron chi connectivity index (χ2n) is 3.63. The predicted molar refractivity (Wildman–Crippen MR) is 61.4 cm³/mol. The molecule has 1 aliphatic rings. The Morgan fingerprint density at radius 3 is 2.88 bits per heavy atom. The molecule has 3 N–H and O–H groups in total. The molecular formula is C10H11N5O2. The molecule has 7 nitrogen and oxygen atoms in total. The Labute approximate surface area is 97.2 Å². The lowest BCUT2D eigenvalue weighted by Gasteiger charge is -2.15. The van der Waals surface area contributed by atoms with Gasteiger partial charge in [0.1, 0.15) is 0 Å². The highest BCUT2D eigenvalue weighted by Crippen LogP contribution is 2.36. The first kappa shape index (κ1) is 9.76. The second kappa shape index (κ2) is 3.55. The van der Waals surface area contributed by atoms with Crippen LogP contribution in [0.4, 0.5) is 17.6 Å². The number of nitrogens with one attached hydrogen (secondary N) is 1. The average molecular weight is 233 g/mol. The quantitative estimate of drug-likeness (QED) is 0.800. The molecule has 1 aromatic carbocycles. The molecule has 0 bridgehead atoms. The van der Waals surface area contributed by atoms with E-state index in [9.17, 15) is 0 Å². The van der Waals surface area contributed by atoms with Crippen LogP contribution in [-0.2, 0) is 0 Å². The fourth-order valence-corrected chi connectivity index (χ4v) is 1.63. The maximum atomic E-state index is 5.48. The zero-order chi connectivity index (χ0) is 11.8. The highest BCUT2D eigenvalue weighted by molar-refractivity contribution is 5.62. The summed E-state index contributed by atoms with van der Waals surface area (Å²) in [6.07, 6.45) is 0. The molecule has 0 aliphatic carbocycles. The Kier molecular flexibility index (Phi) is 2.04. The Bertz CT molecular complexity index is 553. The zero-order valence-electron chi connectivity index (χ0n) is 9.17. The zero-order valence-corrected chi connectivity index (χ0v) is 9.17. The maximum absolute atomic E-state index is 5.48. The molecule has 0 unspecified atom stereocenters. The lowest BCUT2D eigenvalue weighted by molar-refractivity contribution is 0.174. The molecule has 2 heterocycles. The summed E-state index contributed by atoms with van der Waals surface area (Å²) < 4.78 is 10.6. The summed E-state index contributed by atoms with van der Waals surface area (Å²) >= 11 is 0. The number of aromatic amines is 1. The number of benzene rings is 1. The number of rotatable bonds is 2. The summed E-state index contributed by atoms with van der Waals surface area (Å²) in [5.41, 5.74) is 6.39. The molecule has 3 rings (SSSR count). The van der Waals surface area contributed by atoms with Crippen LogP contribution in [0.25, 0.3) is 0 Å². The van der Waals surface area contributed by atoms with Crippen LogP contribution < -0.4 is 20.1 Å². The van der Waals surface area contributed by atoms with Crippen LogP contribution in [0.3, 0.4) is 0 Å². The first-order valence-electron chi connectivity index (χ1n) is 5.05. The molecule has 0 spiro atoms. The van der Waals surface area contributed by atoms with E-state index in [0.29, 0.717) is 5.95 Å². The third-order valence-electron chi connectivity index (χ3n) is 2.55. The van der Waals surface area contributed by atoms with Crippen molar-refractivity contribution in [2.45, 2.75) is 0 Å². The van der Waals surface area contributed by atoms with Crippen LogP contribution in [0.5, 0.6) is 11.5 Å². The van der Waals surface area contributed by atoms with Crippen molar-refractivity contribution in [3.8, 4) is 11.5 Å². The number of H-pyrrole nitrogens is 1. The lowest BCUT2D eigenvalue weighted by Crippen LogP contribution is -2.11. The highest BCUT2D eigenvalue weighted by Gasteiger charge is 2.16. The highest BCUT2D eigenvalue weighted by atomic mass is 16.7. The molecule has 7 heteroatoms. The summed E-state index contributed by atoms with van der Waals surface area (Å²) in [5.74, 6) is 2.33. The summed E-state index contributed by atoms with van der Waals surface area (Å²) in [4.78, 5) is 4.68. The van der Waals surface area contributed by atoms with Gasteiger partial charge in [-0.25, -0.2) is 0 Å². The Morgan fingerprint density at radius 1 is 1.29 bits per heavy atom. The van der Waals surface area contributed by atoms with E-state index in [1.165, 1.54) is 0 Å². The van der Waals surface area contributed by atoms with E-state index in [4.69, 9.17) is 15.2 Å². The molecule has 0 atom stereocenters. The molecular weight excluding hydrogens is 222 g/mol. The minimum absolute atomic E-state index is 0.262. The molecule has 0 fully saturated rings. The number of aromatic nitrogens is 3. The molecule has 0 saturated carbocycles. The molecule has 17 heavy (non-hydrogen) atoms. The summed E-state index contributed by atoms with van der Waals surface area (Å²) in [7, 11) is 1.86. The van der Waals surface area contributed by atoms with E-state index in [1.54, 1.807) is 0 Å². The van der Waals surface area contributed by atoms with Crippen molar-refractivity contribution in [1.29, 1.82) is 0 Å². The summed E-state index contributed by atoms with van der Waals surface area (Å²) in [5, 5.41) is 7.62. The minimum atomic E-state index is 0.262. The minimum Gasteiger partial charge on any atom is -0.454 e. The number of nitrogens with two attached hydrogens (primary N) is 1. The SMILES string of the molecule is CN(c1ccc2c(c1)OCO2)c1nnc(N)[nH]1. The largest absolute Gasteiger partial charge is 0.454 e. The number of nitrogen functional groups attached to an aromatic ring is 1. The molecule has 88 valence electrons. The van der Waals surface area contributed by atoms with Crippen LogP contribution >= 0.6 is 0 Å². The van der Waals surface area contributed by atoms with Gasteiger partial charge in [0.2, 0.25) is 18.7 Å². The Morgan fingerprint density at radius 2 is 2.12 bits per heavy atom. The fraction of sp³-hybridized carbons (Fsp3) is 0.200. The van der Waals surface area contributed by atoms with Crippen molar-refractivity contribution in [3.63, 3.8) is 0 Å². The Balaban J connectivity index is 1.94. The van der Waals surface area contributed by atoms with Crippen LogP contribution in [-0.4, -0.2) is 29.0 Å². The van der Waals surface area contributed by atoms with Gasteiger partial charge in [-0.1, -0.05) is 0 Å². The van der Waals surface area contributed by atoms with Gasteiger partial charge in [-0.3, -0.25) is 4.98 Å². The fourth-order valence-electron chi connectivity index (χ4n) is 1.63. The van der Waals surface area contributed by atoms with Crippen LogP contribution in [0, 0.1) is 0 Å². The monoisotopic (exact) mass is 233 g/mol. The number of nitrogens with zero attached hydrogens (tertiary/aromatic N) is 3. The van der Waals surface area contributed by atoms with Gasteiger partial charge < -0.3 is 20.1 Å². The second-order valence-corrected chi connectivity index (χ2v) is 3.63. The third kappa shape index (κ3) is 1.61. The van der Waals surface area contributed by atoms with Gasteiger partial charge >= 0.3 is 0 Å². The lowest BCUT2D eigenvalue weighted by atomic mass is 10.2. The van der Waals surface area contributed by atoms with Gasteiger partial charge in [0.05, 0.1) is 0 Å². The molecule has 0 radical (unpaired) electrons. The number of anilines is 3. The van der Waals surface area contributed by atoms with Crippen molar-refractivity contribution < 1.29 is 9.47 Å². The van der Waals surface area contributed by atoms with E-state index >= 15 is 0 Å². The van der Waals surface area contributed by atoms with Gasteiger partial charge in [-0.2, -0.15) is 0 Å². The van der Waals surface area contributed by atoms with Crippen molar-refractivity contribution >= 4 is 17.6 Å². The van der Waals surface area contributed by atoms with Crippen molar-refractivity contribution in [1.82, 2.24) is 15.2 Å². The van der Waals surface area contributed by atoms with E-state index in [1.807, 2.05) is 30.1 Å². The Hall–Kier alpha value is -2.44. The van der Waals surface area contributed by atoms with Gasteiger partial charge in [0.15, 0.2) is 11.5 Å². The van der Waals surface area contributed by atoms with E-state index in [-0.39, 0.29) is 12.7 Å². The molecule has 0 saturated heterocycles. The first-order valence-corrected chi connectivity index (χ1v) is 5.05. The number of hydrogen-bond acceptors (Lipinski definition) is 6. The topological polar surface area (TPSA) is 89.3 Å².